The number of benzene rings is 1. The summed E-state index contributed by atoms with van der Waals surface area (Å²) in [5, 5.41) is 6.07. The predicted octanol–water partition coefficient (Wildman–Crippen LogP) is 1.45. The van der Waals surface area contributed by atoms with E-state index in [0.29, 0.717) is 32.6 Å². The molecule has 1 saturated heterocycles. The number of aromatic nitrogens is 2. The molecule has 1 aliphatic rings. The van der Waals surface area contributed by atoms with E-state index >= 15 is 0 Å². The van der Waals surface area contributed by atoms with Gasteiger partial charge in [0.05, 0.1) is 0 Å². The molecule has 2 aromatic rings. The van der Waals surface area contributed by atoms with Crippen molar-refractivity contribution in [3.63, 3.8) is 0 Å². The van der Waals surface area contributed by atoms with Gasteiger partial charge in [-0.3, -0.25) is 14.4 Å². The Labute approximate surface area is 169 Å². The summed E-state index contributed by atoms with van der Waals surface area (Å²) >= 11 is 0. The third-order valence-electron chi connectivity index (χ3n) is 5.25. The lowest BCUT2D eigenvalue weighted by Gasteiger charge is -2.22. The molecule has 2 heterocycles. The first-order valence-electron chi connectivity index (χ1n) is 9.69. The summed E-state index contributed by atoms with van der Waals surface area (Å²) in [5.74, 6) is 0.411. The predicted molar refractivity (Wildman–Crippen MR) is 108 cm³/mol. The fourth-order valence-electron chi connectivity index (χ4n) is 3.37. The van der Waals surface area contributed by atoms with Crippen molar-refractivity contribution < 1.29 is 14.3 Å². The molecule has 0 aliphatic carbocycles. The van der Waals surface area contributed by atoms with Crippen molar-refractivity contribution in [2.75, 3.05) is 32.8 Å². The highest BCUT2D eigenvalue weighted by Crippen LogP contribution is 2.25. The van der Waals surface area contributed by atoms with Gasteiger partial charge < -0.3 is 14.5 Å². The fraction of sp³-hybridized carbons (Fsp3) is 0.429. The molecule has 8 nitrogen and oxygen atoms in total. The van der Waals surface area contributed by atoms with Crippen molar-refractivity contribution >= 4 is 11.8 Å². The maximum Gasteiger partial charge on any atom is 0.274 e. The number of hydrogen-bond donors (Lipinski definition) is 1. The van der Waals surface area contributed by atoms with Crippen molar-refractivity contribution in [1.29, 1.82) is 0 Å². The van der Waals surface area contributed by atoms with Gasteiger partial charge in [0.25, 0.3) is 17.4 Å². The van der Waals surface area contributed by atoms with E-state index in [1.165, 1.54) is 12.1 Å². The molecule has 0 spiro atoms. The first kappa shape index (κ1) is 20.6. The molecular weight excluding hydrogens is 372 g/mol. The Balaban J connectivity index is 1.58. The molecule has 0 bridgehead atoms. The Morgan fingerprint density at radius 2 is 1.69 bits per heavy atom. The van der Waals surface area contributed by atoms with Gasteiger partial charge in [-0.1, -0.05) is 12.1 Å². The smallest absolute Gasteiger partial charge is 0.274 e. The number of ether oxygens (including phenoxy) is 1. The molecule has 29 heavy (non-hydrogen) atoms. The van der Waals surface area contributed by atoms with Gasteiger partial charge in [0, 0.05) is 32.2 Å². The van der Waals surface area contributed by atoms with Gasteiger partial charge in [0.1, 0.15) is 11.4 Å². The van der Waals surface area contributed by atoms with Gasteiger partial charge in [-0.2, -0.15) is 5.10 Å². The van der Waals surface area contributed by atoms with Crippen molar-refractivity contribution in [3.05, 3.63) is 57.0 Å². The number of nitrogens with zero attached hydrogens (tertiary/aromatic N) is 3. The summed E-state index contributed by atoms with van der Waals surface area (Å²) < 4.78 is 5.84. The van der Waals surface area contributed by atoms with Crippen molar-refractivity contribution in [2.24, 2.45) is 0 Å². The van der Waals surface area contributed by atoms with Gasteiger partial charge in [-0.25, -0.2) is 5.10 Å². The number of carbonyl (C=O) groups is 2. The third-order valence-corrected chi connectivity index (χ3v) is 5.25. The minimum absolute atomic E-state index is 0.0272. The number of amides is 2. The van der Waals surface area contributed by atoms with Crippen LogP contribution in [0.1, 0.15) is 33.6 Å². The lowest BCUT2D eigenvalue weighted by atomic mass is 10.1. The van der Waals surface area contributed by atoms with Gasteiger partial charge in [-0.15, -0.1) is 0 Å². The van der Waals surface area contributed by atoms with E-state index in [2.05, 4.69) is 10.2 Å². The summed E-state index contributed by atoms with van der Waals surface area (Å²) in [4.78, 5) is 39.7. The first-order valence-corrected chi connectivity index (χ1v) is 9.69. The first-order chi connectivity index (χ1) is 13.9. The second kappa shape index (κ2) is 8.89. The number of nitrogens with one attached hydrogen (secondary N) is 1. The second-order valence-corrected chi connectivity index (χ2v) is 7.28. The van der Waals surface area contributed by atoms with Crippen LogP contribution in [0.3, 0.4) is 0 Å². The number of hydrogen-bond acceptors (Lipinski definition) is 5. The molecule has 0 atom stereocenters. The molecule has 8 heteroatoms. The molecule has 154 valence electrons. The summed E-state index contributed by atoms with van der Waals surface area (Å²) in [6, 6.07) is 6.72. The summed E-state index contributed by atoms with van der Waals surface area (Å²) in [5.41, 5.74) is 3.00. The van der Waals surface area contributed by atoms with Crippen LogP contribution in [0.15, 0.2) is 29.1 Å². The SMILES string of the molecule is Cc1ccc(C)c(OCC(=O)N2CCCN(C(=O)c3ccc(=O)[nH]n3)CC2)c1C. The van der Waals surface area contributed by atoms with Crippen LogP contribution in [0, 0.1) is 20.8 Å². The maximum atomic E-state index is 12.7. The van der Waals surface area contributed by atoms with E-state index in [4.69, 9.17) is 4.74 Å². The molecule has 0 radical (unpaired) electrons. The van der Waals surface area contributed by atoms with Gasteiger partial charge in [-0.05, 0) is 49.9 Å². The van der Waals surface area contributed by atoms with Crippen LogP contribution < -0.4 is 10.3 Å². The van der Waals surface area contributed by atoms with Crippen molar-refractivity contribution in [3.8, 4) is 5.75 Å². The van der Waals surface area contributed by atoms with Gasteiger partial charge >= 0.3 is 0 Å². The number of carbonyl (C=O) groups excluding carboxylic acids is 2. The van der Waals surface area contributed by atoms with Crippen LogP contribution in [0.2, 0.25) is 0 Å². The average Bonchev–Trinajstić information content (AvgIpc) is 2.97. The van der Waals surface area contributed by atoms with Crippen LogP contribution in [0.4, 0.5) is 0 Å². The van der Waals surface area contributed by atoms with Crippen LogP contribution >= 0.6 is 0 Å². The lowest BCUT2D eigenvalue weighted by molar-refractivity contribution is -0.133. The lowest BCUT2D eigenvalue weighted by Crippen LogP contribution is -2.39. The molecule has 1 aliphatic heterocycles. The van der Waals surface area contributed by atoms with E-state index in [1.807, 2.05) is 32.9 Å². The standard InChI is InChI=1S/C21H26N4O4/c1-14-5-6-15(2)20(16(14)3)29-13-19(27)24-9-4-10-25(12-11-24)21(28)17-7-8-18(26)23-22-17/h5-8H,4,9-13H2,1-3H3,(H,23,26). The van der Waals surface area contributed by atoms with E-state index < -0.39 is 0 Å². The molecule has 1 fully saturated rings. The molecule has 3 rings (SSSR count). The molecule has 2 amide bonds. The second-order valence-electron chi connectivity index (χ2n) is 7.28. The highest BCUT2D eigenvalue weighted by atomic mass is 16.5. The monoisotopic (exact) mass is 398 g/mol. The zero-order valence-electron chi connectivity index (χ0n) is 17.0. The highest BCUT2D eigenvalue weighted by Gasteiger charge is 2.24. The van der Waals surface area contributed by atoms with E-state index in [0.717, 1.165) is 22.4 Å². The molecule has 0 saturated carbocycles. The topological polar surface area (TPSA) is 95.6 Å². The zero-order valence-corrected chi connectivity index (χ0v) is 17.0. The molecule has 1 aromatic heterocycles. The number of aryl methyl sites for hydroxylation is 2. The van der Waals surface area contributed by atoms with Crippen LogP contribution in [0.5, 0.6) is 5.75 Å². The molecular formula is C21H26N4O4. The maximum absolute atomic E-state index is 12.7. The Morgan fingerprint density at radius 3 is 2.41 bits per heavy atom. The Hall–Kier alpha value is -3.16. The fourth-order valence-corrected chi connectivity index (χ4v) is 3.37. The van der Waals surface area contributed by atoms with Crippen molar-refractivity contribution in [2.45, 2.75) is 27.2 Å². The number of aromatic amines is 1. The summed E-state index contributed by atoms with van der Waals surface area (Å²) in [7, 11) is 0. The average molecular weight is 398 g/mol. The minimum Gasteiger partial charge on any atom is -0.483 e. The van der Waals surface area contributed by atoms with Gasteiger partial charge in [0.15, 0.2) is 6.61 Å². The number of H-pyrrole nitrogens is 1. The van der Waals surface area contributed by atoms with E-state index in [1.54, 1.807) is 9.80 Å². The van der Waals surface area contributed by atoms with E-state index in [9.17, 15) is 14.4 Å². The molecule has 0 unspecified atom stereocenters. The van der Waals surface area contributed by atoms with Crippen LogP contribution in [-0.2, 0) is 4.79 Å². The largest absolute Gasteiger partial charge is 0.483 e. The number of rotatable bonds is 4. The highest BCUT2D eigenvalue weighted by molar-refractivity contribution is 5.92. The van der Waals surface area contributed by atoms with Crippen LogP contribution in [0.25, 0.3) is 0 Å². The van der Waals surface area contributed by atoms with E-state index in [-0.39, 0.29) is 29.7 Å². The van der Waals surface area contributed by atoms with Crippen molar-refractivity contribution in [1.82, 2.24) is 20.0 Å². The minimum atomic E-state index is -0.353. The zero-order chi connectivity index (χ0) is 21.0. The normalized spacial score (nSPS) is 14.4. The Morgan fingerprint density at radius 1 is 1.00 bits per heavy atom. The third kappa shape index (κ3) is 4.82. The Bertz CT molecular complexity index is 949. The molecule has 1 N–H and O–H groups in total. The van der Waals surface area contributed by atoms with Gasteiger partial charge in [0.2, 0.25) is 0 Å². The Kier molecular flexibility index (Phi) is 6.31. The summed E-state index contributed by atoms with van der Waals surface area (Å²) in [6.07, 6.45) is 0.670. The van der Waals surface area contributed by atoms with Crippen LogP contribution in [-0.4, -0.2) is 64.6 Å². The summed E-state index contributed by atoms with van der Waals surface area (Å²) in [6.45, 7) is 7.88. The quantitative estimate of drug-likeness (QED) is 0.841. The molecule has 1 aromatic carbocycles.